The molecule has 1 saturated heterocycles. The van der Waals surface area contributed by atoms with Gasteiger partial charge in [0.25, 0.3) is 0 Å². The van der Waals surface area contributed by atoms with Crippen LogP contribution >= 0.6 is 0 Å². The fourth-order valence-electron chi connectivity index (χ4n) is 2.61. The molecule has 0 atom stereocenters. The number of rotatable bonds is 6. The maximum absolute atomic E-state index is 12.5. The Labute approximate surface area is 138 Å². The van der Waals surface area contributed by atoms with Gasteiger partial charge in [-0.1, -0.05) is 30.3 Å². The van der Waals surface area contributed by atoms with Crippen LogP contribution in [0.5, 0.6) is 0 Å². The summed E-state index contributed by atoms with van der Waals surface area (Å²) in [6, 6.07) is 9.33. The predicted molar refractivity (Wildman–Crippen MR) is 90.4 cm³/mol. The molecule has 1 aromatic carbocycles. The standard InChI is InChI=1S/C16H25N3O3S/c1-14(2)17-16(20)12-18-8-10-19(11-9-18)23(21,22)13-15-6-4-3-5-7-15/h3-7,14H,8-13H2,1-2H3,(H,17,20). The van der Waals surface area contributed by atoms with Crippen LogP contribution in [0.2, 0.25) is 0 Å². The molecule has 0 spiro atoms. The van der Waals surface area contributed by atoms with Gasteiger partial charge < -0.3 is 5.32 Å². The van der Waals surface area contributed by atoms with E-state index in [0.29, 0.717) is 32.7 Å². The maximum atomic E-state index is 12.5. The number of nitrogens with one attached hydrogen (secondary N) is 1. The fraction of sp³-hybridized carbons (Fsp3) is 0.562. The van der Waals surface area contributed by atoms with E-state index < -0.39 is 10.0 Å². The average molecular weight is 339 g/mol. The molecule has 0 radical (unpaired) electrons. The number of hydrogen-bond acceptors (Lipinski definition) is 4. The zero-order valence-corrected chi connectivity index (χ0v) is 14.6. The van der Waals surface area contributed by atoms with Crippen LogP contribution in [0.3, 0.4) is 0 Å². The Balaban J connectivity index is 1.85. The minimum absolute atomic E-state index is 0.0133. The number of hydrogen-bond donors (Lipinski definition) is 1. The van der Waals surface area contributed by atoms with Crippen LogP contribution in [0.4, 0.5) is 0 Å². The zero-order chi connectivity index (χ0) is 16.9. The van der Waals surface area contributed by atoms with Gasteiger partial charge in [0.1, 0.15) is 0 Å². The third kappa shape index (κ3) is 5.60. The van der Waals surface area contributed by atoms with E-state index in [4.69, 9.17) is 0 Å². The summed E-state index contributed by atoms with van der Waals surface area (Å²) in [5.74, 6) is 0.0161. The summed E-state index contributed by atoms with van der Waals surface area (Å²) < 4.78 is 26.4. The third-order valence-corrected chi connectivity index (χ3v) is 5.58. The van der Waals surface area contributed by atoms with Gasteiger partial charge in [0.2, 0.25) is 15.9 Å². The van der Waals surface area contributed by atoms with Crippen molar-refractivity contribution in [2.75, 3.05) is 32.7 Å². The lowest BCUT2D eigenvalue weighted by Crippen LogP contribution is -2.51. The Morgan fingerprint density at radius 2 is 1.74 bits per heavy atom. The lowest BCUT2D eigenvalue weighted by molar-refractivity contribution is -0.123. The van der Waals surface area contributed by atoms with Gasteiger partial charge in [-0.05, 0) is 19.4 Å². The van der Waals surface area contributed by atoms with Crippen LogP contribution < -0.4 is 5.32 Å². The molecule has 1 aliphatic rings. The zero-order valence-electron chi connectivity index (χ0n) is 13.7. The van der Waals surface area contributed by atoms with Crippen LogP contribution in [0.25, 0.3) is 0 Å². The molecule has 1 aliphatic heterocycles. The molecule has 1 fully saturated rings. The highest BCUT2D eigenvalue weighted by molar-refractivity contribution is 7.88. The van der Waals surface area contributed by atoms with Crippen molar-refractivity contribution in [2.24, 2.45) is 0 Å². The van der Waals surface area contributed by atoms with Crippen LogP contribution in [0.15, 0.2) is 30.3 Å². The number of carbonyl (C=O) groups is 1. The summed E-state index contributed by atoms with van der Waals surface area (Å²) in [4.78, 5) is 13.7. The summed E-state index contributed by atoms with van der Waals surface area (Å²) in [5, 5.41) is 2.85. The molecule has 1 N–H and O–H groups in total. The molecule has 0 aliphatic carbocycles. The van der Waals surface area contributed by atoms with Crippen molar-refractivity contribution in [3.8, 4) is 0 Å². The normalized spacial score (nSPS) is 17.3. The van der Waals surface area contributed by atoms with Crippen molar-refractivity contribution in [3.63, 3.8) is 0 Å². The number of amides is 1. The SMILES string of the molecule is CC(C)NC(=O)CN1CCN(S(=O)(=O)Cc2ccccc2)CC1. The van der Waals surface area contributed by atoms with E-state index in [2.05, 4.69) is 5.32 Å². The molecule has 23 heavy (non-hydrogen) atoms. The van der Waals surface area contributed by atoms with E-state index >= 15 is 0 Å². The van der Waals surface area contributed by atoms with Gasteiger partial charge in [0, 0.05) is 32.2 Å². The minimum atomic E-state index is -3.30. The molecule has 7 heteroatoms. The van der Waals surface area contributed by atoms with Crippen molar-refractivity contribution in [3.05, 3.63) is 35.9 Å². The topological polar surface area (TPSA) is 69.7 Å². The van der Waals surface area contributed by atoms with Gasteiger partial charge in [-0.25, -0.2) is 8.42 Å². The highest BCUT2D eigenvalue weighted by Crippen LogP contribution is 2.13. The van der Waals surface area contributed by atoms with Crippen LogP contribution in [0, 0.1) is 0 Å². The number of carbonyl (C=O) groups excluding carboxylic acids is 1. The number of nitrogens with zero attached hydrogens (tertiary/aromatic N) is 2. The molecular weight excluding hydrogens is 314 g/mol. The van der Waals surface area contributed by atoms with Gasteiger partial charge in [-0.2, -0.15) is 4.31 Å². The monoisotopic (exact) mass is 339 g/mol. The molecule has 1 amide bonds. The highest BCUT2D eigenvalue weighted by atomic mass is 32.2. The van der Waals surface area contributed by atoms with Gasteiger partial charge in [-0.15, -0.1) is 0 Å². The molecule has 0 bridgehead atoms. The smallest absolute Gasteiger partial charge is 0.234 e. The van der Waals surface area contributed by atoms with E-state index in [1.807, 2.05) is 49.1 Å². The first-order chi connectivity index (χ1) is 10.9. The molecule has 1 aromatic rings. The first kappa shape index (κ1) is 17.9. The van der Waals surface area contributed by atoms with E-state index in [9.17, 15) is 13.2 Å². The van der Waals surface area contributed by atoms with Crippen molar-refractivity contribution in [1.82, 2.24) is 14.5 Å². The molecule has 0 saturated carbocycles. The average Bonchev–Trinajstić information content (AvgIpc) is 2.47. The number of benzene rings is 1. The van der Waals surface area contributed by atoms with Crippen molar-refractivity contribution < 1.29 is 13.2 Å². The first-order valence-corrected chi connectivity index (χ1v) is 9.51. The van der Waals surface area contributed by atoms with Gasteiger partial charge in [-0.3, -0.25) is 9.69 Å². The van der Waals surface area contributed by atoms with E-state index in [-0.39, 0.29) is 17.7 Å². The third-order valence-electron chi connectivity index (χ3n) is 3.73. The second-order valence-corrected chi connectivity index (χ2v) is 8.11. The molecule has 2 rings (SSSR count). The lowest BCUT2D eigenvalue weighted by Gasteiger charge is -2.33. The molecule has 1 heterocycles. The summed E-state index contributed by atoms with van der Waals surface area (Å²) >= 11 is 0. The van der Waals surface area contributed by atoms with Gasteiger partial charge in [0.05, 0.1) is 12.3 Å². The van der Waals surface area contributed by atoms with Crippen LogP contribution in [-0.4, -0.2) is 62.3 Å². The van der Waals surface area contributed by atoms with E-state index in [1.54, 1.807) is 0 Å². The Kier molecular flexibility index (Phi) is 6.15. The molecule has 0 unspecified atom stereocenters. The largest absolute Gasteiger partial charge is 0.353 e. The van der Waals surface area contributed by atoms with E-state index in [0.717, 1.165) is 5.56 Å². The molecular formula is C16H25N3O3S. The second-order valence-electron chi connectivity index (χ2n) is 6.14. The van der Waals surface area contributed by atoms with Crippen LogP contribution in [0.1, 0.15) is 19.4 Å². The Morgan fingerprint density at radius 1 is 1.13 bits per heavy atom. The number of piperazine rings is 1. The Bertz CT molecular complexity index is 609. The minimum Gasteiger partial charge on any atom is -0.353 e. The number of sulfonamides is 1. The second kappa shape index (κ2) is 7.90. The van der Waals surface area contributed by atoms with Crippen molar-refractivity contribution >= 4 is 15.9 Å². The quantitative estimate of drug-likeness (QED) is 0.827. The molecule has 128 valence electrons. The highest BCUT2D eigenvalue weighted by Gasteiger charge is 2.27. The van der Waals surface area contributed by atoms with Crippen molar-refractivity contribution in [2.45, 2.75) is 25.6 Å². The summed E-state index contributed by atoms with van der Waals surface area (Å²) in [5.41, 5.74) is 0.797. The maximum Gasteiger partial charge on any atom is 0.234 e. The van der Waals surface area contributed by atoms with Gasteiger partial charge in [0.15, 0.2) is 0 Å². The van der Waals surface area contributed by atoms with Crippen molar-refractivity contribution in [1.29, 1.82) is 0 Å². The van der Waals surface area contributed by atoms with E-state index in [1.165, 1.54) is 4.31 Å². The Hall–Kier alpha value is -1.44. The predicted octanol–water partition coefficient (Wildman–Crippen LogP) is 0.659. The Morgan fingerprint density at radius 3 is 2.30 bits per heavy atom. The summed E-state index contributed by atoms with van der Waals surface area (Å²) in [6.45, 7) is 6.20. The molecule has 0 aromatic heterocycles. The summed E-state index contributed by atoms with van der Waals surface area (Å²) in [7, 11) is -3.30. The van der Waals surface area contributed by atoms with Crippen LogP contribution in [-0.2, 0) is 20.6 Å². The summed E-state index contributed by atoms with van der Waals surface area (Å²) in [6.07, 6.45) is 0. The fourth-order valence-corrected chi connectivity index (χ4v) is 4.13. The van der Waals surface area contributed by atoms with Gasteiger partial charge >= 0.3 is 0 Å². The molecule has 6 nitrogen and oxygen atoms in total. The first-order valence-electron chi connectivity index (χ1n) is 7.90. The lowest BCUT2D eigenvalue weighted by atomic mass is 10.2.